The Kier molecular flexibility index (Phi) is 7.98. The number of hydrogen-bond acceptors (Lipinski definition) is 4. The molecule has 0 radical (unpaired) electrons. The molecule has 0 fully saturated rings. The van der Waals surface area contributed by atoms with E-state index < -0.39 is 6.04 Å². The van der Waals surface area contributed by atoms with E-state index in [0.29, 0.717) is 18.5 Å². The van der Waals surface area contributed by atoms with Crippen LogP contribution in [0.15, 0.2) is 24.3 Å². The number of benzene rings is 1. The van der Waals surface area contributed by atoms with Gasteiger partial charge >= 0.3 is 0 Å². The Hall–Kier alpha value is -1.53. The molecule has 5 nitrogen and oxygen atoms in total. The second-order valence-electron chi connectivity index (χ2n) is 5.32. The van der Waals surface area contributed by atoms with E-state index >= 15 is 0 Å². The van der Waals surface area contributed by atoms with Crippen LogP contribution >= 0.6 is 11.8 Å². The van der Waals surface area contributed by atoms with E-state index in [1.807, 2.05) is 32.2 Å². The Morgan fingerprint density at radius 3 is 2.64 bits per heavy atom. The van der Waals surface area contributed by atoms with Gasteiger partial charge in [-0.15, -0.1) is 0 Å². The quantitative estimate of drug-likeness (QED) is 0.673. The van der Waals surface area contributed by atoms with Crippen LogP contribution in [0.5, 0.6) is 0 Å². The van der Waals surface area contributed by atoms with Crippen LogP contribution in [-0.4, -0.2) is 42.5 Å². The lowest BCUT2D eigenvalue weighted by atomic mass is 10.1. The fourth-order valence-corrected chi connectivity index (χ4v) is 2.41. The van der Waals surface area contributed by atoms with E-state index in [4.69, 9.17) is 5.73 Å². The number of thioether (sulfide) groups is 1. The first kappa shape index (κ1) is 18.5. The van der Waals surface area contributed by atoms with Crippen molar-refractivity contribution in [2.45, 2.75) is 32.4 Å². The Labute approximate surface area is 136 Å². The molecule has 0 bridgehead atoms. The molecule has 0 saturated carbocycles. The van der Waals surface area contributed by atoms with Crippen LogP contribution in [0.4, 0.5) is 0 Å². The van der Waals surface area contributed by atoms with E-state index in [1.54, 1.807) is 23.9 Å². The minimum absolute atomic E-state index is 0.111. The maximum Gasteiger partial charge on any atom is 0.251 e. The lowest BCUT2D eigenvalue weighted by Crippen LogP contribution is -2.50. The topological polar surface area (TPSA) is 84.2 Å². The summed E-state index contributed by atoms with van der Waals surface area (Å²) >= 11 is 1.64. The highest BCUT2D eigenvalue weighted by Gasteiger charge is 2.22. The standard InChI is InChI=1S/C16H25N3O2S/c1-11-5-4-6-13(9-11)15(20)19-14(7-8-22-3)16(21)18-12(2)10-17/h4-6,9,12,14H,7-8,10,17H2,1-3H3,(H,18,21)(H,19,20)/t12-,14?/m0/s1. The van der Waals surface area contributed by atoms with Crippen LogP contribution in [0.2, 0.25) is 0 Å². The third kappa shape index (κ3) is 6.07. The summed E-state index contributed by atoms with van der Waals surface area (Å²) in [7, 11) is 0. The van der Waals surface area contributed by atoms with Gasteiger partial charge in [-0.2, -0.15) is 11.8 Å². The molecule has 1 aromatic rings. The summed E-state index contributed by atoms with van der Waals surface area (Å²) in [5, 5.41) is 5.64. The van der Waals surface area contributed by atoms with Crippen LogP contribution in [0.25, 0.3) is 0 Å². The summed E-state index contributed by atoms with van der Waals surface area (Å²) in [4.78, 5) is 24.6. The van der Waals surface area contributed by atoms with Crippen LogP contribution in [0.3, 0.4) is 0 Å². The normalized spacial score (nSPS) is 13.3. The smallest absolute Gasteiger partial charge is 0.251 e. The van der Waals surface area contributed by atoms with Gasteiger partial charge in [0.05, 0.1) is 0 Å². The van der Waals surface area contributed by atoms with Gasteiger partial charge in [0.2, 0.25) is 5.91 Å². The molecule has 0 aliphatic rings. The molecule has 1 unspecified atom stereocenters. The molecule has 122 valence electrons. The van der Waals surface area contributed by atoms with Crippen molar-refractivity contribution in [2.75, 3.05) is 18.6 Å². The highest BCUT2D eigenvalue weighted by atomic mass is 32.2. The monoisotopic (exact) mass is 323 g/mol. The fourth-order valence-electron chi connectivity index (χ4n) is 1.93. The first-order valence-corrected chi connectivity index (χ1v) is 8.74. The molecule has 6 heteroatoms. The third-order valence-electron chi connectivity index (χ3n) is 3.25. The number of aryl methyl sites for hydroxylation is 1. The highest BCUT2D eigenvalue weighted by molar-refractivity contribution is 7.98. The molecule has 0 aliphatic heterocycles. The van der Waals surface area contributed by atoms with Crippen molar-refractivity contribution in [3.05, 3.63) is 35.4 Å². The third-order valence-corrected chi connectivity index (χ3v) is 3.90. The fraction of sp³-hybridized carbons (Fsp3) is 0.500. The van der Waals surface area contributed by atoms with Gasteiger partial charge in [-0.05, 0) is 44.4 Å². The van der Waals surface area contributed by atoms with Crippen LogP contribution in [-0.2, 0) is 4.79 Å². The second-order valence-corrected chi connectivity index (χ2v) is 6.31. The number of hydrogen-bond donors (Lipinski definition) is 3. The summed E-state index contributed by atoms with van der Waals surface area (Å²) in [6, 6.07) is 6.65. The maximum atomic E-state index is 12.3. The van der Waals surface area contributed by atoms with E-state index in [-0.39, 0.29) is 17.9 Å². The Morgan fingerprint density at radius 2 is 2.05 bits per heavy atom. The van der Waals surface area contributed by atoms with Gasteiger partial charge in [-0.1, -0.05) is 17.7 Å². The average Bonchev–Trinajstić information content (AvgIpc) is 2.50. The Bertz CT molecular complexity index is 508. The van der Waals surface area contributed by atoms with Crippen molar-refractivity contribution in [3.8, 4) is 0 Å². The van der Waals surface area contributed by atoms with E-state index in [0.717, 1.165) is 11.3 Å². The van der Waals surface area contributed by atoms with Crippen LogP contribution in [0.1, 0.15) is 29.3 Å². The molecule has 2 amide bonds. The number of carbonyl (C=O) groups excluding carboxylic acids is 2. The zero-order valence-corrected chi connectivity index (χ0v) is 14.2. The van der Waals surface area contributed by atoms with Gasteiger partial charge in [0.15, 0.2) is 0 Å². The first-order valence-electron chi connectivity index (χ1n) is 7.34. The molecule has 0 aliphatic carbocycles. The molecule has 2 atom stereocenters. The lowest BCUT2D eigenvalue weighted by molar-refractivity contribution is -0.123. The first-order chi connectivity index (χ1) is 10.5. The van der Waals surface area contributed by atoms with E-state index in [2.05, 4.69) is 10.6 Å². The molecular weight excluding hydrogens is 298 g/mol. The molecule has 4 N–H and O–H groups in total. The van der Waals surface area contributed by atoms with Gasteiger partial charge in [0.25, 0.3) is 5.91 Å². The van der Waals surface area contributed by atoms with Crippen LogP contribution in [0, 0.1) is 6.92 Å². The number of carbonyl (C=O) groups is 2. The van der Waals surface area contributed by atoms with Crippen LogP contribution < -0.4 is 16.4 Å². The van der Waals surface area contributed by atoms with E-state index in [9.17, 15) is 9.59 Å². The molecule has 22 heavy (non-hydrogen) atoms. The number of nitrogens with one attached hydrogen (secondary N) is 2. The van der Waals surface area contributed by atoms with Crippen molar-refractivity contribution in [3.63, 3.8) is 0 Å². The van der Waals surface area contributed by atoms with Crippen molar-refractivity contribution < 1.29 is 9.59 Å². The molecule has 0 spiro atoms. The van der Waals surface area contributed by atoms with Crippen molar-refractivity contribution >= 4 is 23.6 Å². The molecule has 0 aromatic heterocycles. The zero-order chi connectivity index (χ0) is 16.5. The lowest BCUT2D eigenvalue weighted by Gasteiger charge is -2.20. The predicted molar refractivity (Wildman–Crippen MR) is 92.1 cm³/mol. The Morgan fingerprint density at radius 1 is 1.32 bits per heavy atom. The zero-order valence-electron chi connectivity index (χ0n) is 13.4. The van der Waals surface area contributed by atoms with Gasteiger partial charge in [-0.3, -0.25) is 9.59 Å². The number of nitrogens with two attached hydrogens (primary N) is 1. The highest BCUT2D eigenvalue weighted by Crippen LogP contribution is 2.06. The van der Waals surface area contributed by atoms with Crippen molar-refractivity contribution in [2.24, 2.45) is 5.73 Å². The summed E-state index contributed by atoms with van der Waals surface area (Å²) in [5.41, 5.74) is 7.10. The molecule has 0 saturated heterocycles. The summed E-state index contributed by atoms with van der Waals surface area (Å²) in [5.74, 6) is 0.377. The largest absolute Gasteiger partial charge is 0.351 e. The molecular formula is C16H25N3O2S. The summed E-state index contributed by atoms with van der Waals surface area (Å²) in [6.07, 6.45) is 2.56. The number of rotatable bonds is 8. The summed E-state index contributed by atoms with van der Waals surface area (Å²) in [6.45, 7) is 4.14. The average molecular weight is 323 g/mol. The summed E-state index contributed by atoms with van der Waals surface area (Å²) < 4.78 is 0. The van der Waals surface area contributed by atoms with Crippen molar-refractivity contribution in [1.29, 1.82) is 0 Å². The molecule has 1 aromatic carbocycles. The van der Waals surface area contributed by atoms with Gasteiger partial charge in [-0.25, -0.2) is 0 Å². The minimum atomic E-state index is -0.547. The van der Waals surface area contributed by atoms with Gasteiger partial charge in [0, 0.05) is 18.2 Å². The van der Waals surface area contributed by atoms with Gasteiger partial charge < -0.3 is 16.4 Å². The van der Waals surface area contributed by atoms with Crippen molar-refractivity contribution in [1.82, 2.24) is 10.6 Å². The maximum absolute atomic E-state index is 12.3. The van der Waals surface area contributed by atoms with E-state index in [1.165, 1.54) is 0 Å². The number of amides is 2. The Balaban J connectivity index is 2.75. The van der Waals surface area contributed by atoms with Gasteiger partial charge in [0.1, 0.15) is 6.04 Å². The second kappa shape index (κ2) is 9.48. The SMILES string of the molecule is CSCCC(NC(=O)c1cccc(C)c1)C(=O)N[C@@H](C)CN. The molecule has 0 heterocycles. The predicted octanol–water partition coefficient (Wildman–Crippen LogP) is 1.31. The minimum Gasteiger partial charge on any atom is -0.351 e. The molecule has 1 rings (SSSR count).